The van der Waals surface area contributed by atoms with Crippen LogP contribution in [0.3, 0.4) is 0 Å². The van der Waals surface area contributed by atoms with Gasteiger partial charge in [-0.1, -0.05) is 54.6 Å². The van der Waals surface area contributed by atoms with Crippen LogP contribution in [-0.4, -0.2) is 34.8 Å². The summed E-state index contributed by atoms with van der Waals surface area (Å²) in [5, 5.41) is 7.66. The van der Waals surface area contributed by atoms with E-state index in [0.717, 1.165) is 16.8 Å². The molecule has 0 saturated heterocycles. The Morgan fingerprint density at radius 2 is 1.70 bits per heavy atom. The SMILES string of the molecule is CN(C)c1ccc(CNc2nc(-c3ccccc3)nn2C(=O)C=Cc2ccc(F)cc2)cc1. The molecule has 4 rings (SSSR count). The number of carbonyl (C=O) groups excluding carboxylic acids is 1. The first-order valence-electron chi connectivity index (χ1n) is 10.5. The Balaban J connectivity index is 1.58. The zero-order valence-electron chi connectivity index (χ0n) is 18.4. The van der Waals surface area contributed by atoms with Gasteiger partial charge in [-0.2, -0.15) is 9.67 Å². The Morgan fingerprint density at radius 3 is 2.36 bits per heavy atom. The van der Waals surface area contributed by atoms with Crippen molar-refractivity contribution in [2.24, 2.45) is 0 Å². The molecule has 0 unspecified atom stereocenters. The van der Waals surface area contributed by atoms with Crippen molar-refractivity contribution in [2.45, 2.75) is 6.54 Å². The first kappa shape index (κ1) is 22.0. The van der Waals surface area contributed by atoms with Gasteiger partial charge in [-0.25, -0.2) is 4.39 Å². The van der Waals surface area contributed by atoms with Gasteiger partial charge in [-0.15, -0.1) is 5.10 Å². The van der Waals surface area contributed by atoms with Crippen LogP contribution in [0.4, 0.5) is 16.0 Å². The molecule has 0 radical (unpaired) electrons. The van der Waals surface area contributed by atoms with Crippen molar-refractivity contribution in [3.05, 3.63) is 102 Å². The van der Waals surface area contributed by atoms with Gasteiger partial charge in [0.1, 0.15) is 5.82 Å². The Hall–Kier alpha value is -4.26. The summed E-state index contributed by atoms with van der Waals surface area (Å²) < 4.78 is 14.4. The van der Waals surface area contributed by atoms with Crippen molar-refractivity contribution in [3.8, 4) is 11.4 Å². The molecule has 33 heavy (non-hydrogen) atoms. The second-order valence-electron chi connectivity index (χ2n) is 7.67. The van der Waals surface area contributed by atoms with Crippen LogP contribution in [0, 0.1) is 5.82 Å². The molecule has 4 aromatic rings. The minimum atomic E-state index is -0.362. The van der Waals surface area contributed by atoms with E-state index in [4.69, 9.17) is 0 Å². The number of hydrogen-bond donors (Lipinski definition) is 1. The van der Waals surface area contributed by atoms with Gasteiger partial charge in [0.05, 0.1) is 0 Å². The number of carbonyl (C=O) groups is 1. The summed E-state index contributed by atoms with van der Waals surface area (Å²) in [7, 11) is 3.98. The van der Waals surface area contributed by atoms with Crippen molar-refractivity contribution in [1.29, 1.82) is 0 Å². The molecule has 0 aliphatic rings. The van der Waals surface area contributed by atoms with Gasteiger partial charge >= 0.3 is 0 Å². The number of allylic oxidation sites excluding steroid dienone is 1. The molecular formula is C26H24FN5O. The highest BCUT2D eigenvalue weighted by Gasteiger charge is 2.15. The van der Waals surface area contributed by atoms with Crippen LogP contribution in [0.25, 0.3) is 17.5 Å². The fourth-order valence-corrected chi connectivity index (χ4v) is 3.19. The average molecular weight is 442 g/mol. The molecule has 0 aliphatic heterocycles. The second-order valence-corrected chi connectivity index (χ2v) is 7.67. The van der Waals surface area contributed by atoms with E-state index >= 15 is 0 Å². The maximum atomic E-state index is 13.1. The molecule has 6 nitrogen and oxygen atoms in total. The van der Waals surface area contributed by atoms with E-state index in [1.54, 1.807) is 18.2 Å². The van der Waals surface area contributed by atoms with Gasteiger partial charge in [0.25, 0.3) is 5.91 Å². The number of nitrogens with zero attached hydrogens (tertiary/aromatic N) is 4. The molecule has 1 aromatic heterocycles. The van der Waals surface area contributed by atoms with Crippen LogP contribution in [0.1, 0.15) is 15.9 Å². The van der Waals surface area contributed by atoms with Gasteiger partial charge in [0.15, 0.2) is 5.82 Å². The fourth-order valence-electron chi connectivity index (χ4n) is 3.19. The van der Waals surface area contributed by atoms with E-state index in [1.807, 2.05) is 73.6 Å². The smallest absolute Gasteiger partial charge is 0.274 e. The third-order valence-electron chi connectivity index (χ3n) is 5.04. The van der Waals surface area contributed by atoms with Gasteiger partial charge in [0.2, 0.25) is 5.95 Å². The molecule has 0 amide bonds. The topological polar surface area (TPSA) is 63.0 Å². The lowest BCUT2D eigenvalue weighted by atomic mass is 10.2. The number of aromatic nitrogens is 3. The van der Waals surface area contributed by atoms with Gasteiger partial charge < -0.3 is 10.2 Å². The van der Waals surface area contributed by atoms with E-state index < -0.39 is 0 Å². The lowest BCUT2D eigenvalue weighted by Crippen LogP contribution is -2.14. The monoisotopic (exact) mass is 441 g/mol. The molecule has 3 aromatic carbocycles. The number of nitrogens with one attached hydrogen (secondary N) is 1. The van der Waals surface area contributed by atoms with Crippen LogP contribution in [0.2, 0.25) is 0 Å². The molecule has 0 atom stereocenters. The number of benzene rings is 3. The zero-order chi connectivity index (χ0) is 23.2. The third-order valence-corrected chi connectivity index (χ3v) is 5.04. The van der Waals surface area contributed by atoms with Crippen LogP contribution in [0.5, 0.6) is 0 Å². The molecular weight excluding hydrogens is 417 g/mol. The van der Waals surface area contributed by atoms with Gasteiger partial charge in [0, 0.05) is 38.0 Å². The molecule has 0 bridgehead atoms. The molecule has 0 spiro atoms. The fraction of sp³-hybridized carbons (Fsp3) is 0.115. The Kier molecular flexibility index (Phi) is 6.59. The van der Waals surface area contributed by atoms with Crippen LogP contribution in [-0.2, 0) is 6.54 Å². The second kappa shape index (κ2) is 9.91. The third kappa shape index (κ3) is 5.51. The van der Waals surface area contributed by atoms with Crippen molar-refractivity contribution in [3.63, 3.8) is 0 Å². The van der Waals surface area contributed by atoms with Crippen LogP contribution in [0.15, 0.2) is 84.9 Å². The van der Waals surface area contributed by atoms with Crippen LogP contribution < -0.4 is 10.2 Å². The average Bonchev–Trinajstić information content (AvgIpc) is 3.27. The van der Waals surface area contributed by atoms with Crippen molar-refractivity contribution in [2.75, 3.05) is 24.3 Å². The molecule has 0 saturated carbocycles. The summed E-state index contributed by atoms with van der Waals surface area (Å²) in [5.74, 6) is 0.107. The summed E-state index contributed by atoms with van der Waals surface area (Å²) in [4.78, 5) is 19.5. The summed E-state index contributed by atoms with van der Waals surface area (Å²) in [6.07, 6.45) is 3.02. The maximum Gasteiger partial charge on any atom is 0.274 e. The van der Waals surface area contributed by atoms with E-state index in [0.29, 0.717) is 23.9 Å². The summed E-state index contributed by atoms with van der Waals surface area (Å²) in [5.41, 5.74) is 3.67. The molecule has 166 valence electrons. The standard InChI is InChI=1S/C26H24FN5O/c1-31(2)23-15-10-20(11-16-23)18-28-26-29-25(21-6-4-3-5-7-21)30-32(26)24(33)17-12-19-8-13-22(27)14-9-19/h3-17H,18H2,1-2H3,(H,28,29,30). The first-order chi connectivity index (χ1) is 16.0. The highest BCUT2D eigenvalue weighted by atomic mass is 19.1. The van der Waals surface area contributed by atoms with Gasteiger partial charge in [-0.3, -0.25) is 4.79 Å². The number of hydrogen-bond acceptors (Lipinski definition) is 5. The quantitative estimate of drug-likeness (QED) is 0.404. The van der Waals surface area contributed by atoms with Crippen LogP contribution >= 0.6 is 0 Å². The lowest BCUT2D eigenvalue weighted by Gasteiger charge is -2.13. The summed E-state index contributed by atoms with van der Waals surface area (Å²) >= 11 is 0. The van der Waals surface area contributed by atoms with Crippen molar-refractivity contribution < 1.29 is 9.18 Å². The maximum absolute atomic E-state index is 13.1. The Morgan fingerprint density at radius 1 is 1.00 bits per heavy atom. The highest BCUT2D eigenvalue weighted by molar-refractivity contribution is 5.94. The lowest BCUT2D eigenvalue weighted by molar-refractivity contribution is 0.0957. The van der Waals surface area contributed by atoms with Crippen molar-refractivity contribution in [1.82, 2.24) is 14.8 Å². The predicted octanol–water partition coefficient (Wildman–Crippen LogP) is 5.12. The molecule has 0 fully saturated rings. The molecule has 1 N–H and O–H groups in total. The zero-order valence-corrected chi connectivity index (χ0v) is 18.4. The molecule has 1 heterocycles. The Bertz CT molecular complexity index is 1250. The predicted molar refractivity (Wildman–Crippen MR) is 130 cm³/mol. The minimum absolute atomic E-state index is 0.327. The highest BCUT2D eigenvalue weighted by Crippen LogP contribution is 2.19. The van der Waals surface area contributed by atoms with Gasteiger partial charge in [-0.05, 0) is 41.5 Å². The largest absolute Gasteiger partial charge is 0.378 e. The number of halogens is 1. The van der Waals surface area contributed by atoms with E-state index in [2.05, 4.69) is 15.4 Å². The van der Waals surface area contributed by atoms with E-state index in [-0.39, 0.29) is 11.7 Å². The van der Waals surface area contributed by atoms with E-state index in [9.17, 15) is 9.18 Å². The minimum Gasteiger partial charge on any atom is -0.378 e. The van der Waals surface area contributed by atoms with E-state index in [1.165, 1.54) is 22.9 Å². The Labute approximate surface area is 192 Å². The number of rotatable bonds is 7. The summed E-state index contributed by atoms with van der Waals surface area (Å²) in [6, 6.07) is 23.5. The van der Waals surface area contributed by atoms with Crippen molar-refractivity contribution >= 4 is 23.6 Å². The summed E-state index contributed by atoms with van der Waals surface area (Å²) in [6.45, 7) is 0.482. The normalized spacial score (nSPS) is 11.0. The first-order valence-corrected chi connectivity index (χ1v) is 10.5. The number of anilines is 2. The molecule has 0 aliphatic carbocycles. The molecule has 7 heteroatoms.